The highest BCUT2D eigenvalue weighted by Gasteiger charge is 2.49. The fraction of sp³-hybridized carbons (Fsp3) is 0.296. The van der Waals surface area contributed by atoms with Gasteiger partial charge in [-0.2, -0.15) is 0 Å². The quantitative estimate of drug-likeness (QED) is 0.440. The van der Waals surface area contributed by atoms with Crippen molar-refractivity contribution in [3.8, 4) is 28.7 Å². The zero-order valence-corrected chi connectivity index (χ0v) is 20.2. The average Bonchev–Trinajstić information content (AvgIpc) is 2.90. The molecule has 0 radical (unpaired) electrons. The van der Waals surface area contributed by atoms with Crippen molar-refractivity contribution in [2.75, 3.05) is 39.9 Å². The van der Waals surface area contributed by atoms with Gasteiger partial charge in [-0.1, -0.05) is 36.4 Å². The zero-order valence-electron chi connectivity index (χ0n) is 20.2. The Morgan fingerprint density at radius 1 is 0.800 bits per heavy atom. The summed E-state index contributed by atoms with van der Waals surface area (Å²) in [5.41, 5.74) is 2.40. The molecular weight excluding hydrogens is 450 g/mol. The number of methoxy groups -OCH3 is 4. The lowest BCUT2D eigenvalue weighted by molar-refractivity contribution is -0.132. The predicted octanol–water partition coefficient (Wildman–Crippen LogP) is 4.00. The Morgan fingerprint density at radius 2 is 1.46 bits per heavy atom. The van der Waals surface area contributed by atoms with E-state index in [2.05, 4.69) is 0 Å². The van der Waals surface area contributed by atoms with Crippen molar-refractivity contribution >= 4 is 11.6 Å². The molecule has 2 atom stereocenters. The van der Waals surface area contributed by atoms with Gasteiger partial charge in [-0.05, 0) is 23.3 Å². The van der Waals surface area contributed by atoms with E-state index in [-0.39, 0.29) is 12.5 Å². The number of carbonyl (C=O) groups excluding carboxylic acids is 1. The summed E-state index contributed by atoms with van der Waals surface area (Å²) >= 11 is 0. The summed E-state index contributed by atoms with van der Waals surface area (Å²) in [7, 11) is 6.14. The highest BCUT2D eigenvalue weighted by atomic mass is 16.5. The maximum Gasteiger partial charge on any atom is 0.235 e. The Hall–Kier alpha value is -3.91. The van der Waals surface area contributed by atoms with Gasteiger partial charge in [0.2, 0.25) is 11.7 Å². The van der Waals surface area contributed by atoms with Gasteiger partial charge in [-0.25, -0.2) is 0 Å². The first-order chi connectivity index (χ1) is 17.1. The Bertz CT molecular complexity index is 1160. The minimum absolute atomic E-state index is 0.200. The van der Waals surface area contributed by atoms with E-state index < -0.39 is 12.0 Å². The number of aliphatic hydroxyl groups excluding tert-OH is 1. The molecule has 4 rings (SSSR count). The van der Waals surface area contributed by atoms with Crippen LogP contribution < -0.4 is 28.6 Å². The van der Waals surface area contributed by atoms with Crippen molar-refractivity contribution in [2.45, 2.75) is 12.6 Å². The second kappa shape index (κ2) is 10.6. The number of rotatable bonds is 10. The van der Waals surface area contributed by atoms with Crippen LogP contribution in [0, 0.1) is 5.92 Å². The van der Waals surface area contributed by atoms with Gasteiger partial charge in [0.15, 0.2) is 23.0 Å². The lowest BCUT2D eigenvalue weighted by Crippen LogP contribution is -2.56. The van der Waals surface area contributed by atoms with Gasteiger partial charge >= 0.3 is 0 Å². The fourth-order valence-electron chi connectivity index (χ4n) is 4.33. The molecule has 35 heavy (non-hydrogen) atoms. The molecule has 1 fully saturated rings. The number of hydrogen-bond acceptors (Lipinski definition) is 7. The van der Waals surface area contributed by atoms with Crippen molar-refractivity contribution in [3.63, 3.8) is 0 Å². The standard InChI is InChI=1S/C27H29NO7/c1-31-21-11-10-18(12-22(21)35-16-17-8-6-5-7-9-17)25-20(15-29)27(30)28(25)19-13-23(32-2)26(34-4)24(14-19)33-3/h5-14,20,25,29H,15-16H2,1-4H3/t20?,25-/m0/s1. The van der Waals surface area contributed by atoms with E-state index in [1.165, 1.54) is 21.3 Å². The molecule has 3 aromatic carbocycles. The average molecular weight is 480 g/mol. The van der Waals surface area contributed by atoms with Crippen molar-refractivity contribution in [2.24, 2.45) is 5.92 Å². The fourth-order valence-corrected chi connectivity index (χ4v) is 4.33. The third-order valence-corrected chi connectivity index (χ3v) is 6.10. The molecule has 184 valence electrons. The number of ether oxygens (including phenoxy) is 5. The molecule has 1 aliphatic rings. The summed E-state index contributed by atoms with van der Waals surface area (Å²) in [5, 5.41) is 9.99. The Labute approximate surface area is 204 Å². The van der Waals surface area contributed by atoms with Crippen LogP contribution in [-0.2, 0) is 11.4 Å². The molecule has 3 aromatic rings. The van der Waals surface area contributed by atoms with Crippen LogP contribution in [0.1, 0.15) is 17.2 Å². The lowest BCUT2D eigenvalue weighted by atomic mass is 9.82. The summed E-state index contributed by atoms with van der Waals surface area (Å²) < 4.78 is 27.9. The highest BCUT2D eigenvalue weighted by molar-refractivity contribution is 6.03. The van der Waals surface area contributed by atoms with E-state index in [0.717, 1.165) is 11.1 Å². The van der Waals surface area contributed by atoms with Crippen LogP contribution in [0.4, 0.5) is 5.69 Å². The largest absolute Gasteiger partial charge is 0.493 e. The zero-order chi connectivity index (χ0) is 24.9. The first kappa shape index (κ1) is 24.2. The summed E-state index contributed by atoms with van der Waals surface area (Å²) in [6, 6.07) is 18.4. The molecule has 8 nitrogen and oxygen atoms in total. The van der Waals surface area contributed by atoms with Crippen molar-refractivity contribution < 1.29 is 33.6 Å². The number of amides is 1. The van der Waals surface area contributed by atoms with Crippen molar-refractivity contribution in [1.29, 1.82) is 0 Å². The minimum Gasteiger partial charge on any atom is -0.493 e. The summed E-state index contributed by atoms with van der Waals surface area (Å²) in [4.78, 5) is 14.7. The smallest absolute Gasteiger partial charge is 0.235 e. The number of aliphatic hydroxyl groups is 1. The number of carbonyl (C=O) groups is 1. The molecule has 1 heterocycles. The maximum atomic E-state index is 13.0. The molecule has 0 bridgehead atoms. The topological polar surface area (TPSA) is 86.7 Å². The molecule has 1 N–H and O–H groups in total. The van der Waals surface area contributed by atoms with Gasteiger partial charge in [0, 0.05) is 12.1 Å². The number of hydrogen-bond donors (Lipinski definition) is 1. The second-order valence-corrected chi connectivity index (χ2v) is 8.01. The van der Waals surface area contributed by atoms with Crippen molar-refractivity contribution in [3.05, 3.63) is 71.8 Å². The van der Waals surface area contributed by atoms with E-state index in [1.807, 2.05) is 42.5 Å². The van der Waals surface area contributed by atoms with Crippen molar-refractivity contribution in [1.82, 2.24) is 0 Å². The lowest BCUT2D eigenvalue weighted by Gasteiger charge is -2.47. The van der Waals surface area contributed by atoms with Crippen LogP contribution >= 0.6 is 0 Å². The van der Waals surface area contributed by atoms with Gasteiger partial charge < -0.3 is 33.7 Å². The van der Waals surface area contributed by atoms with Gasteiger partial charge in [-0.3, -0.25) is 4.79 Å². The molecule has 8 heteroatoms. The number of anilines is 1. The van der Waals surface area contributed by atoms with Crippen LogP contribution in [0.3, 0.4) is 0 Å². The number of nitrogens with zero attached hydrogens (tertiary/aromatic N) is 1. The molecule has 1 aliphatic heterocycles. The SMILES string of the molecule is COc1ccc([C@H]2C(CO)C(=O)N2c2cc(OC)c(OC)c(OC)c2)cc1OCc1ccccc1. The Morgan fingerprint density at radius 3 is 2.03 bits per heavy atom. The molecule has 0 aliphatic carbocycles. The normalized spacial score (nSPS) is 16.9. The monoisotopic (exact) mass is 479 g/mol. The van der Waals surface area contributed by atoms with Gasteiger partial charge in [0.25, 0.3) is 0 Å². The molecule has 0 spiro atoms. The molecule has 1 saturated heterocycles. The Balaban J connectivity index is 1.70. The van der Waals surface area contributed by atoms with Crippen LogP contribution in [0.15, 0.2) is 60.7 Å². The summed E-state index contributed by atoms with van der Waals surface area (Å²) in [6.07, 6.45) is 0. The first-order valence-electron chi connectivity index (χ1n) is 11.1. The van der Waals surface area contributed by atoms with E-state index >= 15 is 0 Å². The summed E-state index contributed by atoms with van der Waals surface area (Å²) in [6.45, 7) is 0.0843. The molecule has 1 unspecified atom stereocenters. The predicted molar refractivity (Wildman–Crippen MR) is 131 cm³/mol. The summed E-state index contributed by atoms with van der Waals surface area (Å²) in [5.74, 6) is 1.64. The van der Waals surface area contributed by atoms with Gasteiger partial charge in [0.05, 0.1) is 52.7 Å². The third kappa shape index (κ3) is 4.57. The van der Waals surface area contributed by atoms with Crippen LogP contribution in [0.25, 0.3) is 0 Å². The Kier molecular flexibility index (Phi) is 7.31. The molecule has 0 aromatic heterocycles. The number of β-lactam (4-membered cyclic amide) rings is 1. The maximum absolute atomic E-state index is 13.0. The van der Waals surface area contributed by atoms with E-state index in [4.69, 9.17) is 23.7 Å². The van der Waals surface area contributed by atoms with Gasteiger partial charge in [-0.15, -0.1) is 0 Å². The first-order valence-corrected chi connectivity index (χ1v) is 11.1. The second-order valence-electron chi connectivity index (χ2n) is 8.01. The highest BCUT2D eigenvalue weighted by Crippen LogP contribution is 2.49. The van der Waals surface area contributed by atoms with Crippen LogP contribution in [-0.4, -0.2) is 46.1 Å². The molecule has 1 amide bonds. The van der Waals surface area contributed by atoms with Gasteiger partial charge in [0.1, 0.15) is 6.61 Å². The van der Waals surface area contributed by atoms with E-state index in [9.17, 15) is 9.90 Å². The number of benzene rings is 3. The van der Waals surface area contributed by atoms with Crippen LogP contribution in [0.5, 0.6) is 28.7 Å². The molecular formula is C27H29NO7. The van der Waals surface area contributed by atoms with E-state index in [1.54, 1.807) is 30.2 Å². The molecule has 0 saturated carbocycles. The minimum atomic E-state index is -0.593. The van der Waals surface area contributed by atoms with Crippen LogP contribution in [0.2, 0.25) is 0 Å². The van der Waals surface area contributed by atoms with E-state index in [0.29, 0.717) is 41.0 Å². The third-order valence-electron chi connectivity index (χ3n) is 6.10.